The van der Waals surface area contributed by atoms with Crippen molar-refractivity contribution in [3.8, 4) is 5.75 Å². The molecule has 0 aliphatic rings. The minimum atomic E-state index is -0.129. The Kier molecular flexibility index (Phi) is 7.04. The fraction of sp³-hybridized carbons (Fsp3) is 0.292. The number of aliphatic hydroxyl groups excluding tert-OH is 1. The van der Waals surface area contributed by atoms with Crippen LogP contribution in [0.5, 0.6) is 5.75 Å². The molecule has 28 heavy (non-hydrogen) atoms. The fourth-order valence-corrected chi connectivity index (χ4v) is 3.57. The van der Waals surface area contributed by atoms with E-state index >= 15 is 0 Å². The summed E-state index contributed by atoms with van der Waals surface area (Å²) in [4.78, 5) is 13.0. The van der Waals surface area contributed by atoms with Crippen LogP contribution in [0.4, 0.5) is 0 Å². The quantitative estimate of drug-likeness (QED) is 0.576. The summed E-state index contributed by atoms with van der Waals surface area (Å²) in [5.41, 5.74) is 1.77. The van der Waals surface area contributed by atoms with E-state index in [0.29, 0.717) is 30.9 Å². The molecule has 2 N–H and O–H groups in total. The number of rotatable bonds is 9. The maximum Gasteiger partial charge on any atom is 0.255 e. The van der Waals surface area contributed by atoms with E-state index in [1.807, 2.05) is 61.5 Å². The molecule has 0 radical (unpaired) electrons. The molecule has 0 heterocycles. The summed E-state index contributed by atoms with van der Waals surface area (Å²) in [5.74, 6) is 0.690. The lowest BCUT2D eigenvalue weighted by Crippen LogP contribution is -2.26. The molecule has 4 nitrogen and oxygen atoms in total. The van der Waals surface area contributed by atoms with E-state index in [2.05, 4.69) is 17.4 Å². The molecule has 4 heteroatoms. The summed E-state index contributed by atoms with van der Waals surface area (Å²) >= 11 is 0. The second-order valence-electron chi connectivity index (χ2n) is 6.76. The van der Waals surface area contributed by atoms with Crippen LogP contribution < -0.4 is 10.1 Å². The van der Waals surface area contributed by atoms with E-state index in [1.54, 1.807) is 0 Å². The van der Waals surface area contributed by atoms with Gasteiger partial charge in [-0.15, -0.1) is 0 Å². The van der Waals surface area contributed by atoms with E-state index < -0.39 is 0 Å². The first-order valence-electron chi connectivity index (χ1n) is 9.83. The number of hydrogen-bond acceptors (Lipinski definition) is 3. The van der Waals surface area contributed by atoms with E-state index in [0.717, 1.165) is 17.2 Å². The first kappa shape index (κ1) is 19.9. The van der Waals surface area contributed by atoms with E-state index in [4.69, 9.17) is 4.74 Å². The number of benzene rings is 3. The topological polar surface area (TPSA) is 58.6 Å². The summed E-state index contributed by atoms with van der Waals surface area (Å²) < 4.78 is 5.71. The van der Waals surface area contributed by atoms with Gasteiger partial charge in [-0.05, 0) is 48.1 Å². The maximum atomic E-state index is 13.0. The van der Waals surface area contributed by atoms with E-state index in [-0.39, 0.29) is 18.4 Å². The van der Waals surface area contributed by atoms with Crippen LogP contribution in [0.15, 0.2) is 66.7 Å². The van der Waals surface area contributed by atoms with Crippen molar-refractivity contribution in [1.29, 1.82) is 0 Å². The molecule has 3 rings (SSSR count). The molecule has 3 aromatic rings. The number of amides is 1. The highest BCUT2D eigenvalue weighted by atomic mass is 16.5. The molecule has 0 aliphatic carbocycles. The van der Waals surface area contributed by atoms with Gasteiger partial charge in [0.25, 0.3) is 5.91 Å². The van der Waals surface area contributed by atoms with Gasteiger partial charge in [0.15, 0.2) is 0 Å². The van der Waals surface area contributed by atoms with Crippen LogP contribution in [0, 0.1) is 0 Å². The second kappa shape index (κ2) is 9.90. The summed E-state index contributed by atoms with van der Waals surface area (Å²) in [6.07, 6.45) is 1.45. The number of fused-ring (bicyclic) bond motifs is 1. The predicted molar refractivity (Wildman–Crippen MR) is 113 cm³/mol. The Balaban J connectivity index is 1.75. The maximum absolute atomic E-state index is 13.0. The predicted octanol–water partition coefficient (Wildman–Crippen LogP) is 4.52. The molecule has 0 spiro atoms. The van der Waals surface area contributed by atoms with E-state index in [9.17, 15) is 9.90 Å². The zero-order valence-electron chi connectivity index (χ0n) is 16.2. The van der Waals surface area contributed by atoms with Gasteiger partial charge >= 0.3 is 0 Å². The van der Waals surface area contributed by atoms with Crippen LogP contribution in [0.1, 0.15) is 41.6 Å². The third kappa shape index (κ3) is 4.70. The van der Waals surface area contributed by atoms with Crippen molar-refractivity contribution in [3.63, 3.8) is 0 Å². The Bertz CT molecular complexity index is 908. The van der Waals surface area contributed by atoms with Crippen molar-refractivity contribution in [2.45, 2.75) is 25.7 Å². The minimum absolute atomic E-state index is 0.129. The Morgan fingerprint density at radius 1 is 1.00 bits per heavy atom. The molecule has 0 fully saturated rings. The number of ether oxygens (including phenoxy) is 1. The Morgan fingerprint density at radius 3 is 2.50 bits per heavy atom. The first-order chi connectivity index (χ1) is 13.7. The van der Waals surface area contributed by atoms with Gasteiger partial charge in [0.1, 0.15) is 5.75 Å². The minimum Gasteiger partial charge on any atom is -0.493 e. The summed E-state index contributed by atoms with van der Waals surface area (Å²) in [5, 5.41) is 14.3. The van der Waals surface area contributed by atoms with Crippen LogP contribution in [-0.2, 0) is 0 Å². The average Bonchev–Trinajstić information content (AvgIpc) is 2.73. The molecular weight excluding hydrogens is 350 g/mol. The molecule has 0 bridgehead atoms. The van der Waals surface area contributed by atoms with Crippen molar-refractivity contribution < 1.29 is 14.6 Å². The molecular formula is C24H27NO3. The second-order valence-corrected chi connectivity index (χ2v) is 6.76. The Labute approximate surface area is 166 Å². The zero-order valence-corrected chi connectivity index (χ0v) is 16.2. The highest BCUT2D eigenvalue weighted by Crippen LogP contribution is 2.28. The average molecular weight is 377 g/mol. The van der Waals surface area contributed by atoms with Gasteiger partial charge in [0.2, 0.25) is 0 Å². The number of carbonyl (C=O) groups excluding carboxylic acids is 1. The van der Waals surface area contributed by atoms with Gasteiger partial charge < -0.3 is 15.2 Å². The van der Waals surface area contributed by atoms with Gasteiger partial charge in [-0.3, -0.25) is 4.79 Å². The molecule has 3 aromatic carbocycles. The third-order valence-corrected chi connectivity index (χ3v) is 4.94. The number of carbonyl (C=O) groups is 1. The monoisotopic (exact) mass is 377 g/mol. The van der Waals surface area contributed by atoms with Crippen LogP contribution in [-0.4, -0.2) is 30.8 Å². The zero-order chi connectivity index (χ0) is 19.8. The standard InChI is InChI=1S/C24H27NO3/c1-2-28-22-13-12-20-10-6-7-11-21(20)23(22)24(27)25-16-14-19(15-17-26)18-8-4-3-5-9-18/h3-13,19,26H,2,14-17H2,1H3,(H,25,27)/t19-/m0/s1. The third-order valence-electron chi connectivity index (χ3n) is 4.94. The lowest BCUT2D eigenvalue weighted by atomic mass is 9.93. The lowest BCUT2D eigenvalue weighted by molar-refractivity contribution is 0.0950. The van der Waals surface area contributed by atoms with Gasteiger partial charge in [-0.1, -0.05) is 60.7 Å². The molecule has 0 saturated heterocycles. The van der Waals surface area contributed by atoms with Gasteiger partial charge in [-0.25, -0.2) is 0 Å². The normalized spacial score (nSPS) is 11.9. The van der Waals surface area contributed by atoms with Crippen LogP contribution >= 0.6 is 0 Å². The lowest BCUT2D eigenvalue weighted by Gasteiger charge is -2.18. The summed E-state index contributed by atoms with van der Waals surface area (Å²) in [6.45, 7) is 3.08. The molecule has 0 saturated carbocycles. The SMILES string of the molecule is CCOc1ccc2ccccc2c1C(=O)NCC[C@@H](CCO)c1ccccc1. The molecule has 1 atom stereocenters. The van der Waals surface area contributed by atoms with Gasteiger partial charge in [0, 0.05) is 13.2 Å². The Hall–Kier alpha value is -2.85. The molecule has 146 valence electrons. The van der Waals surface area contributed by atoms with Crippen molar-refractivity contribution in [2.75, 3.05) is 19.8 Å². The largest absolute Gasteiger partial charge is 0.493 e. The van der Waals surface area contributed by atoms with Gasteiger partial charge in [0.05, 0.1) is 12.2 Å². The van der Waals surface area contributed by atoms with Crippen LogP contribution in [0.2, 0.25) is 0 Å². The van der Waals surface area contributed by atoms with Crippen molar-refractivity contribution >= 4 is 16.7 Å². The van der Waals surface area contributed by atoms with Crippen LogP contribution in [0.25, 0.3) is 10.8 Å². The smallest absolute Gasteiger partial charge is 0.255 e. The van der Waals surface area contributed by atoms with Crippen molar-refractivity contribution in [2.24, 2.45) is 0 Å². The number of nitrogens with one attached hydrogen (secondary N) is 1. The summed E-state index contributed by atoms with van der Waals surface area (Å²) in [6, 6.07) is 21.8. The Morgan fingerprint density at radius 2 is 1.75 bits per heavy atom. The van der Waals surface area contributed by atoms with Gasteiger partial charge in [-0.2, -0.15) is 0 Å². The molecule has 1 amide bonds. The van der Waals surface area contributed by atoms with Crippen molar-refractivity contribution in [3.05, 3.63) is 77.9 Å². The summed E-state index contributed by atoms with van der Waals surface area (Å²) in [7, 11) is 0. The van der Waals surface area contributed by atoms with Crippen molar-refractivity contribution in [1.82, 2.24) is 5.32 Å². The van der Waals surface area contributed by atoms with E-state index in [1.165, 1.54) is 5.56 Å². The highest BCUT2D eigenvalue weighted by molar-refractivity contribution is 6.09. The molecule has 0 aromatic heterocycles. The first-order valence-corrected chi connectivity index (χ1v) is 9.83. The molecule has 0 unspecified atom stereocenters. The number of hydrogen-bond donors (Lipinski definition) is 2. The number of aliphatic hydroxyl groups is 1. The fourth-order valence-electron chi connectivity index (χ4n) is 3.57. The molecule has 0 aliphatic heterocycles. The highest BCUT2D eigenvalue weighted by Gasteiger charge is 2.17. The van der Waals surface area contributed by atoms with Crippen LogP contribution in [0.3, 0.4) is 0 Å².